The fourth-order valence-corrected chi connectivity index (χ4v) is 4.95. The van der Waals surface area contributed by atoms with Gasteiger partial charge in [-0.1, -0.05) is 18.6 Å². The van der Waals surface area contributed by atoms with Crippen molar-refractivity contribution < 1.29 is 21.6 Å². The number of hydrogen-bond acceptors (Lipinski definition) is 2. The molecule has 0 saturated carbocycles. The average molecular weight is 372 g/mol. The highest BCUT2D eigenvalue weighted by Gasteiger charge is 2.49. The van der Waals surface area contributed by atoms with Crippen LogP contribution in [-0.4, -0.2) is 31.5 Å². The van der Waals surface area contributed by atoms with Gasteiger partial charge in [0.25, 0.3) is 0 Å². The van der Waals surface area contributed by atoms with E-state index in [1.165, 1.54) is 18.2 Å². The summed E-state index contributed by atoms with van der Waals surface area (Å²) in [6.45, 7) is -0.103. The van der Waals surface area contributed by atoms with E-state index in [1.807, 2.05) is 0 Å². The van der Waals surface area contributed by atoms with Gasteiger partial charge in [-0.2, -0.15) is 17.5 Å². The van der Waals surface area contributed by atoms with Gasteiger partial charge in [0.05, 0.1) is 4.90 Å². The van der Waals surface area contributed by atoms with Gasteiger partial charge >= 0.3 is 6.18 Å². The summed E-state index contributed by atoms with van der Waals surface area (Å²) in [6, 6.07) is 3.97. The van der Waals surface area contributed by atoms with Crippen LogP contribution in [0.1, 0.15) is 19.3 Å². The minimum Gasteiger partial charge on any atom is -0.207 e. The van der Waals surface area contributed by atoms with E-state index < -0.39 is 22.2 Å². The van der Waals surface area contributed by atoms with E-state index >= 15 is 0 Å². The van der Waals surface area contributed by atoms with Crippen molar-refractivity contribution in [3.8, 4) is 0 Å². The molecule has 1 fully saturated rings. The third-order valence-corrected chi connectivity index (χ3v) is 6.18. The Morgan fingerprint density at radius 2 is 1.85 bits per heavy atom. The van der Waals surface area contributed by atoms with Crippen LogP contribution in [0.5, 0.6) is 0 Å². The molecule has 1 aliphatic rings. The summed E-state index contributed by atoms with van der Waals surface area (Å²) >= 11 is 3.08. The molecule has 1 aliphatic heterocycles. The molecule has 0 spiro atoms. The molecule has 0 aromatic heterocycles. The molecular formula is C12H13BrF3NO2S. The minimum absolute atomic E-state index is 0.103. The largest absolute Gasteiger partial charge is 0.405 e. The van der Waals surface area contributed by atoms with Crippen molar-refractivity contribution in [1.82, 2.24) is 4.31 Å². The molecule has 0 amide bonds. The molecule has 8 heteroatoms. The first-order valence-electron chi connectivity index (χ1n) is 6.07. The zero-order valence-corrected chi connectivity index (χ0v) is 12.8. The quantitative estimate of drug-likeness (QED) is 0.796. The van der Waals surface area contributed by atoms with Crippen molar-refractivity contribution in [2.24, 2.45) is 0 Å². The van der Waals surface area contributed by atoms with Gasteiger partial charge in [-0.15, -0.1) is 0 Å². The highest BCUT2D eigenvalue weighted by atomic mass is 79.9. The predicted molar refractivity (Wildman–Crippen MR) is 71.7 cm³/mol. The van der Waals surface area contributed by atoms with E-state index in [4.69, 9.17) is 0 Å². The summed E-state index contributed by atoms with van der Waals surface area (Å²) in [6.07, 6.45) is -3.91. The highest BCUT2D eigenvalue weighted by molar-refractivity contribution is 9.10. The summed E-state index contributed by atoms with van der Waals surface area (Å²) in [5.41, 5.74) is 0. The number of halogens is 4. The third kappa shape index (κ3) is 3.01. The fourth-order valence-electron chi connectivity index (χ4n) is 2.30. The van der Waals surface area contributed by atoms with Crippen LogP contribution in [0, 0.1) is 0 Å². The maximum atomic E-state index is 13.0. The third-order valence-electron chi connectivity index (χ3n) is 3.25. The molecule has 1 aromatic carbocycles. The van der Waals surface area contributed by atoms with Crippen molar-refractivity contribution in [3.05, 3.63) is 28.7 Å². The monoisotopic (exact) mass is 371 g/mol. The summed E-state index contributed by atoms with van der Waals surface area (Å²) < 4.78 is 64.8. The van der Waals surface area contributed by atoms with Gasteiger partial charge in [-0.25, -0.2) is 8.42 Å². The molecule has 3 nitrogen and oxygen atoms in total. The fraction of sp³-hybridized carbons (Fsp3) is 0.500. The topological polar surface area (TPSA) is 37.4 Å². The zero-order valence-electron chi connectivity index (χ0n) is 10.4. The summed E-state index contributed by atoms with van der Waals surface area (Å²) in [4.78, 5) is -0.129. The molecule has 1 unspecified atom stereocenters. The van der Waals surface area contributed by atoms with E-state index in [2.05, 4.69) is 15.9 Å². The Hall–Kier alpha value is -0.600. The van der Waals surface area contributed by atoms with Crippen LogP contribution >= 0.6 is 15.9 Å². The van der Waals surface area contributed by atoms with Crippen LogP contribution in [0.2, 0.25) is 0 Å². The van der Waals surface area contributed by atoms with Crippen molar-refractivity contribution in [2.75, 3.05) is 6.54 Å². The number of nitrogens with zero attached hydrogens (tertiary/aromatic N) is 1. The SMILES string of the molecule is O=S(=O)(c1ccccc1Br)N1CCCCC1C(F)(F)F. The van der Waals surface area contributed by atoms with E-state index in [-0.39, 0.29) is 22.3 Å². The number of sulfonamides is 1. The first-order chi connectivity index (χ1) is 9.24. The van der Waals surface area contributed by atoms with Crippen molar-refractivity contribution >= 4 is 26.0 Å². The molecule has 0 aliphatic carbocycles. The van der Waals surface area contributed by atoms with Crippen LogP contribution in [0.15, 0.2) is 33.6 Å². The second-order valence-electron chi connectivity index (χ2n) is 4.60. The van der Waals surface area contributed by atoms with Crippen LogP contribution in [0.3, 0.4) is 0 Å². The van der Waals surface area contributed by atoms with Gasteiger partial charge in [0.15, 0.2) is 0 Å². The Labute approximate surface area is 123 Å². The summed E-state index contributed by atoms with van der Waals surface area (Å²) in [5.74, 6) is 0. The van der Waals surface area contributed by atoms with Gasteiger partial charge in [0.2, 0.25) is 10.0 Å². The Balaban J connectivity index is 2.44. The maximum Gasteiger partial charge on any atom is 0.405 e. The Bertz CT molecular complexity index is 589. The second kappa shape index (κ2) is 5.65. The number of rotatable bonds is 2. The summed E-state index contributed by atoms with van der Waals surface area (Å²) in [7, 11) is -4.16. The molecule has 0 bridgehead atoms. The van der Waals surface area contributed by atoms with Gasteiger partial charge in [-0.3, -0.25) is 0 Å². The molecule has 1 saturated heterocycles. The van der Waals surface area contributed by atoms with Crippen LogP contribution < -0.4 is 0 Å². The predicted octanol–water partition coefficient (Wildman–Crippen LogP) is 3.55. The van der Waals surface area contributed by atoms with Crippen molar-refractivity contribution in [2.45, 2.75) is 36.4 Å². The molecule has 112 valence electrons. The lowest BCUT2D eigenvalue weighted by molar-refractivity contribution is -0.177. The molecule has 1 atom stereocenters. The minimum atomic E-state index is -4.55. The van der Waals surface area contributed by atoms with E-state index in [0.29, 0.717) is 17.1 Å². The molecular weight excluding hydrogens is 359 g/mol. The van der Waals surface area contributed by atoms with E-state index in [9.17, 15) is 21.6 Å². The van der Waals surface area contributed by atoms with E-state index in [1.54, 1.807) is 6.07 Å². The number of alkyl halides is 3. The van der Waals surface area contributed by atoms with Crippen molar-refractivity contribution in [3.63, 3.8) is 0 Å². The standard InChI is InChI=1S/C12H13BrF3NO2S/c13-9-5-1-2-6-10(9)20(18,19)17-8-4-3-7-11(17)12(14,15)16/h1-2,5-6,11H,3-4,7-8H2. The number of piperidine rings is 1. The second-order valence-corrected chi connectivity index (χ2v) is 7.31. The normalized spacial score (nSPS) is 21.9. The molecule has 0 radical (unpaired) electrons. The van der Waals surface area contributed by atoms with Gasteiger partial charge in [-0.05, 0) is 40.9 Å². The van der Waals surface area contributed by atoms with Gasteiger partial charge in [0.1, 0.15) is 6.04 Å². The molecule has 1 heterocycles. The lowest BCUT2D eigenvalue weighted by Crippen LogP contribution is -2.51. The Morgan fingerprint density at radius 1 is 1.20 bits per heavy atom. The van der Waals surface area contributed by atoms with Crippen LogP contribution in [-0.2, 0) is 10.0 Å². The lowest BCUT2D eigenvalue weighted by Gasteiger charge is -2.35. The number of benzene rings is 1. The first kappa shape index (κ1) is 15.8. The smallest absolute Gasteiger partial charge is 0.207 e. The summed E-state index contributed by atoms with van der Waals surface area (Å²) in [5, 5.41) is 0. The van der Waals surface area contributed by atoms with Crippen LogP contribution in [0.4, 0.5) is 13.2 Å². The highest BCUT2D eigenvalue weighted by Crippen LogP contribution is 2.36. The molecule has 20 heavy (non-hydrogen) atoms. The van der Waals surface area contributed by atoms with Crippen molar-refractivity contribution in [1.29, 1.82) is 0 Å². The molecule has 0 N–H and O–H groups in total. The lowest BCUT2D eigenvalue weighted by atomic mass is 10.1. The van der Waals surface area contributed by atoms with E-state index in [0.717, 1.165) is 0 Å². The van der Waals surface area contributed by atoms with Crippen LogP contribution in [0.25, 0.3) is 0 Å². The Kier molecular flexibility index (Phi) is 4.46. The average Bonchev–Trinajstić information content (AvgIpc) is 2.38. The molecule has 1 aromatic rings. The van der Waals surface area contributed by atoms with Gasteiger partial charge < -0.3 is 0 Å². The first-order valence-corrected chi connectivity index (χ1v) is 8.31. The van der Waals surface area contributed by atoms with Gasteiger partial charge in [0, 0.05) is 11.0 Å². The maximum absolute atomic E-state index is 13.0. The molecule has 2 rings (SSSR count). The number of hydrogen-bond donors (Lipinski definition) is 0. The zero-order chi connectivity index (χ0) is 15.0. The Morgan fingerprint density at radius 3 is 2.45 bits per heavy atom.